The molecule has 122 valence electrons. The lowest BCUT2D eigenvalue weighted by Gasteiger charge is -2.60. The van der Waals surface area contributed by atoms with Crippen molar-refractivity contribution in [2.24, 2.45) is 11.3 Å². The molecule has 2 bridgehead atoms. The van der Waals surface area contributed by atoms with Crippen LogP contribution in [0.4, 0.5) is 0 Å². The number of allylic oxidation sites excluding steroid dienone is 4. The van der Waals surface area contributed by atoms with Gasteiger partial charge in [-0.2, -0.15) is 0 Å². The summed E-state index contributed by atoms with van der Waals surface area (Å²) in [4.78, 5) is 26.5. The topological polar surface area (TPSA) is 48.9 Å². The van der Waals surface area contributed by atoms with Crippen molar-refractivity contribution < 1.29 is 8.22 Å². The third-order valence-corrected chi connectivity index (χ3v) is 5.78. The molecule has 1 aromatic heterocycles. The summed E-state index contributed by atoms with van der Waals surface area (Å²) in [6.45, 7) is -3.52. The highest BCUT2D eigenvalue weighted by Crippen LogP contribution is 2.65. The quantitative estimate of drug-likeness (QED) is 0.755. The predicted octanol–water partition coefficient (Wildman–Crippen LogP) is 2.44. The molecule has 0 N–H and O–H groups in total. The Bertz CT molecular complexity index is 1240. The summed E-state index contributed by atoms with van der Waals surface area (Å²) >= 11 is 0. The lowest BCUT2D eigenvalue weighted by Crippen LogP contribution is -2.59. The average Bonchev–Trinajstić information content (AvgIpc) is 2.89. The van der Waals surface area contributed by atoms with E-state index in [2.05, 4.69) is 0 Å². The maximum Gasteiger partial charge on any atom is 0.352 e. The zero-order chi connectivity index (χ0) is 21.8. The van der Waals surface area contributed by atoms with Gasteiger partial charge in [0.2, 0.25) is 0 Å². The van der Waals surface area contributed by atoms with Crippen LogP contribution in [0.15, 0.2) is 63.2 Å². The fraction of sp³-hybridized carbons (Fsp3) is 0.368. The molecule has 0 amide bonds. The Labute approximate surface area is 147 Å². The molecule has 3 heterocycles. The molecule has 6 rings (SSSR count). The van der Waals surface area contributed by atoms with Crippen molar-refractivity contribution in [3.8, 4) is 5.69 Å². The largest absolute Gasteiger partial charge is 0.352 e. The highest BCUT2D eigenvalue weighted by atomic mass is 16.2. The van der Waals surface area contributed by atoms with Gasteiger partial charge in [0.15, 0.2) is 0 Å². The molecular formula is C19H19N3O2. The van der Waals surface area contributed by atoms with E-state index in [9.17, 15) is 9.59 Å². The van der Waals surface area contributed by atoms with Crippen LogP contribution in [-0.2, 0) is 0 Å². The first-order chi connectivity index (χ1) is 13.9. The Kier molecular flexibility index (Phi) is 1.55. The minimum Gasteiger partial charge on any atom is -0.245 e. The maximum atomic E-state index is 13.3. The van der Waals surface area contributed by atoms with E-state index in [1.807, 2.05) is 0 Å². The number of hydrogen-bond donors (Lipinski definition) is 0. The molecule has 24 heavy (non-hydrogen) atoms. The maximum absolute atomic E-state index is 13.3. The zero-order valence-corrected chi connectivity index (χ0v) is 12.9. The standard InChI is InChI=1S/C19H19N3O2/c1-11-12(2)19(3)15-10-9-14(16(11)19)21-17(23)20(18(24)22(15)21)13-7-5-4-6-8-13/h4-10,14-16H,1-3H3/i1D3,2D3. The van der Waals surface area contributed by atoms with Crippen LogP contribution in [0.2, 0.25) is 0 Å². The molecule has 0 spiro atoms. The van der Waals surface area contributed by atoms with Crippen molar-refractivity contribution >= 4 is 0 Å². The Hall–Kier alpha value is -2.56. The molecule has 5 heteroatoms. The van der Waals surface area contributed by atoms with E-state index in [0.29, 0.717) is 5.69 Å². The summed E-state index contributed by atoms with van der Waals surface area (Å²) in [5.74, 6) is -0.695. The fourth-order valence-corrected chi connectivity index (χ4v) is 4.56. The van der Waals surface area contributed by atoms with Crippen LogP contribution in [0.5, 0.6) is 0 Å². The van der Waals surface area contributed by atoms with Crippen molar-refractivity contribution in [2.75, 3.05) is 0 Å². The van der Waals surface area contributed by atoms with Crippen LogP contribution < -0.4 is 11.4 Å². The van der Waals surface area contributed by atoms with Crippen molar-refractivity contribution in [1.82, 2.24) is 13.9 Å². The van der Waals surface area contributed by atoms with Gasteiger partial charge in [0.05, 0.1) is 17.8 Å². The van der Waals surface area contributed by atoms with Crippen molar-refractivity contribution in [2.45, 2.75) is 32.7 Å². The second kappa shape index (κ2) is 4.09. The molecule has 1 aromatic carbocycles. The normalized spacial score (nSPS) is 37.3. The number of para-hydroxylation sites is 1. The van der Waals surface area contributed by atoms with E-state index in [1.54, 1.807) is 49.4 Å². The molecule has 2 aliphatic heterocycles. The van der Waals surface area contributed by atoms with Gasteiger partial charge in [-0.15, -0.1) is 0 Å². The Balaban J connectivity index is 1.80. The second-order valence-electron chi connectivity index (χ2n) is 6.79. The summed E-state index contributed by atoms with van der Waals surface area (Å²) < 4.78 is 51.4. The van der Waals surface area contributed by atoms with Gasteiger partial charge in [0.1, 0.15) is 0 Å². The van der Waals surface area contributed by atoms with Gasteiger partial charge in [-0.1, -0.05) is 48.4 Å². The number of rotatable bonds is 1. The van der Waals surface area contributed by atoms with Crippen LogP contribution in [0.1, 0.15) is 40.9 Å². The van der Waals surface area contributed by atoms with E-state index in [4.69, 9.17) is 8.22 Å². The average molecular weight is 327 g/mol. The molecule has 2 aromatic rings. The Morgan fingerprint density at radius 3 is 2.50 bits per heavy atom. The van der Waals surface area contributed by atoms with Crippen LogP contribution in [-0.4, -0.2) is 13.9 Å². The first-order valence-electron chi connectivity index (χ1n) is 10.9. The highest BCUT2D eigenvalue weighted by Gasteiger charge is 2.61. The third kappa shape index (κ3) is 1.26. The fourth-order valence-electron chi connectivity index (χ4n) is 4.56. The van der Waals surface area contributed by atoms with Gasteiger partial charge in [-0.05, 0) is 25.8 Å². The van der Waals surface area contributed by atoms with E-state index in [1.165, 1.54) is 9.36 Å². The zero-order valence-electron chi connectivity index (χ0n) is 18.9. The van der Waals surface area contributed by atoms with E-state index in [0.717, 1.165) is 4.57 Å². The molecule has 4 aliphatic rings. The molecule has 4 atom stereocenters. The summed E-state index contributed by atoms with van der Waals surface area (Å²) in [6, 6.07) is 6.96. The molecule has 0 radical (unpaired) electrons. The van der Waals surface area contributed by atoms with E-state index < -0.39 is 48.5 Å². The summed E-state index contributed by atoms with van der Waals surface area (Å²) in [5.41, 5.74) is -2.05. The molecule has 0 saturated heterocycles. The summed E-state index contributed by atoms with van der Waals surface area (Å²) in [7, 11) is 0. The van der Waals surface area contributed by atoms with Crippen LogP contribution in [0, 0.1) is 11.3 Å². The van der Waals surface area contributed by atoms with Crippen molar-refractivity contribution in [1.29, 1.82) is 0 Å². The lowest BCUT2D eigenvalue weighted by atomic mass is 9.49. The van der Waals surface area contributed by atoms with Gasteiger partial charge in [0.25, 0.3) is 0 Å². The van der Waals surface area contributed by atoms with Gasteiger partial charge in [-0.3, -0.25) is 0 Å². The number of benzene rings is 1. The lowest BCUT2D eigenvalue weighted by molar-refractivity contribution is 0.0303. The van der Waals surface area contributed by atoms with Gasteiger partial charge < -0.3 is 0 Å². The SMILES string of the molecule is [2H]C([2H])([2H])C1=C(C([2H])([2H])[2H])C2(C)C1C1C=CC2n2c(=O)n(-c3ccccc3)c(=O)n21. The number of hydrogen-bond acceptors (Lipinski definition) is 2. The van der Waals surface area contributed by atoms with E-state index in [-0.39, 0.29) is 11.1 Å². The van der Waals surface area contributed by atoms with Crippen molar-refractivity contribution in [3.05, 3.63) is 74.6 Å². The Morgan fingerprint density at radius 2 is 1.79 bits per heavy atom. The molecule has 4 unspecified atom stereocenters. The smallest absolute Gasteiger partial charge is 0.245 e. The molecule has 5 nitrogen and oxygen atoms in total. The van der Waals surface area contributed by atoms with E-state index >= 15 is 0 Å². The highest BCUT2D eigenvalue weighted by molar-refractivity contribution is 5.44. The minimum atomic E-state index is -2.61. The summed E-state index contributed by atoms with van der Waals surface area (Å²) in [6.07, 6.45) is 3.44. The Morgan fingerprint density at radius 1 is 1.04 bits per heavy atom. The van der Waals surface area contributed by atoms with Gasteiger partial charge in [-0.25, -0.2) is 23.5 Å². The minimum absolute atomic E-state index is 0.109. The second-order valence-corrected chi connectivity index (χ2v) is 6.79. The first kappa shape index (κ1) is 9.06. The van der Waals surface area contributed by atoms with Crippen molar-refractivity contribution in [3.63, 3.8) is 0 Å². The van der Waals surface area contributed by atoms with Gasteiger partial charge >= 0.3 is 11.4 Å². The monoisotopic (exact) mass is 327 g/mol. The molecule has 0 fully saturated rings. The number of aromatic nitrogens is 3. The predicted molar refractivity (Wildman–Crippen MR) is 91.5 cm³/mol. The van der Waals surface area contributed by atoms with Crippen LogP contribution in [0.3, 0.4) is 0 Å². The van der Waals surface area contributed by atoms with Crippen LogP contribution in [0.25, 0.3) is 5.69 Å². The third-order valence-electron chi connectivity index (χ3n) is 5.78. The van der Waals surface area contributed by atoms with Gasteiger partial charge in [0, 0.05) is 19.6 Å². The number of nitrogens with zero attached hydrogens (tertiary/aromatic N) is 3. The molecule has 0 saturated carbocycles. The molecule has 2 aliphatic carbocycles. The summed E-state index contributed by atoms with van der Waals surface area (Å²) in [5, 5.41) is 0. The molecular weight excluding hydrogens is 302 g/mol. The first-order valence-corrected chi connectivity index (χ1v) is 7.85. The van der Waals surface area contributed by atoms with Crippen LogP contribution >= 0.6 is 0 Å².